The second-order valence-corrected chi connectivity index (χ2v) is 6.82. The Hall–Kier alpha value is -2.22. The molecule has 0 spiro atoms. The Morgan fingerprint density at radius 3 is 2.13 bits per heavy atom. The van der Waals surface area contributed by atoms with E-state index in [0.29, 0.717) is 5.56 Å². The molecule has 0 amide bonds. The normalized spacial score (nSPS) is 14.2. The van der Waals surface area contributed by atoms with E-state index >= 15 is 0 Å². The van der Waals surface area contributed by atoms with E-state index in [2.05, 4.69) is 0 Å². The smallest absolute Gasteiger partial charge is 0.324 e. The molecule has 0 saturated carbocycles. The molecular formula is C16H17NO5S. The highest BCUT2D eigenvalue weighted by Crippen LogP contribution is 2.19. The van der Waals surface area contributed by atoms with E-state index in [0.717, 1.165) is 5.56 Å². The number of rotatable bonds is 6. The van der Waals surface area contributed by atoms with E-state index in [1.165, 1.54) is 24.3 Å². The maximum Gasteiger partial charge on any atom is 0.324 e. The molecular weight excluding hydrogens is 318 g/mol. The summed E-state index contributed by atoms with van der Waals surface area (Å²) in [4.78, 5) is 11.3. The van der Waals surface area contributed by atoms with Gasteiger partial charge in [0, 0.05) is 0 Å². The molecule has 0 aromatic heterocycles. The Morgan fingerprint density at radius 1 is 1.04 bits per heavy atom. The highest BCUT2D eigenvalue weighted by Gasteiger charge is 2.32. The topological polar surface area (TPSA) is 104 Å². The lowest BCUT2D eigenvalue weighted by Gasteiger charge is -2.20. The van der Waals surface area contributed by atoms with Crippen molar-refractivity contribution < 1.29 is 23.4 Å². The minimum atomic E-state index is -4.07. The van der Waals surface area contributed by atoms with Crippen molar-refractivity contribution in [3.05, 3.63) is 65.7 Å². The number of hydrogen-bond acceptors (Lipinski definition) is 4. The van der Waals surface area contributed by atoms with Crippen LogP contribution in [0.15, 0.2) is 59.5 Å². The van der Waals surface area contributed by atoms with E-state index in [1.54, 1.807) is 30.3 Å². The van der Waals surface area contributed by atoms with E-state index in [-0.39, 0.29) is 4.90 Å². The van der Waals surface area contributed by atoms with E-state index in [9.17, 15) is 23.4 Å². The standard InChI is InChI=1S/C16H17NO5S/c1-11-7-9-13(10-8-11)23(21,22)17-14(16(19)20)15(18)12-5-3-2-4-6-12/h2-10,14-15,17-18H,1H3,(H,19,20)/t14-,15+/m0/s1. The summed E-state index contributed by atoms with van der Waals surface area (Å²) >= 11 is 0. The van der Waals surface area contributed by atoms with Gasteiger partial charge in [-0.05, 0) is 24.6 Å². The van der Waals surface area contributed by atoms with Gasteiger partial charge in [0.25, 0.3) is 0 Å². The monoisotopic (exact) mass is 335 g/mol. The van der Waals surface area contributed by atoms with Gasteiger partial charge in [-0.25, -0.2) is 8.42 Å². The molecule has 2 aromatic carbocycles. The molecule has 2 atom stereocenters. The van der Waals surface area contributed by atoms with Gasteiger partial charge in [0.1, 0.15) is 12.1 Å². The Balaban J connectivity index is 2.29. The summed E-state index contributed by atoms with van der Waals surface area (Å²) < 4.78 is 26.7. The maximum atomic E-state index is 12.3. The molecule has 0 heterocycles. The van der Waals surface area contributed by atoms with Crippen LogP contribution in [-0.4, -0.2) is 30.6 Å². The van der Waals surface area contributed by atoms with Crippen LogP contribution < -0.4 is 4.72 Å². The van der Waals surface area contributed by atoms with Gasteiger partial charge in [0.15, 0.2) is 0 Å². The average Bonchev–Trinajstić information content (AvgIpc) is 2.53. The van der Waals surface area contributed by atoms with Crippen LogP contribution in [0.1, 0.15) is 17.2 Å². The second-order valence-electron chi connectivity index (χ2n) is 5.11. The van der Waals surface area contributed by atoms with Crippen molar-refractivity contribution in [2.75, 3.05) is 0 Å². The quantitative estimate of drug-likeness (QED) is 0.741. The number of carbonyl (C=O) groups is 1. The molecule has 0 radical (unpaired) electrons. The number of aliphatic carboxylic acids is 1. The number of nitrogens with one attached hydrogen (secondary N) is 1. The van der Waals surface area contributed by atoms with Crippen LogP contribution in [0.4, 0.5) is 0 Å². The number of carboxylic acid groups (broad SMARTS) is 1. The Bertz CT molecular complexity index is 772. The molecule has 2 rings (SSSR count). The lowest BCUT2D eigenvalue weighted by Crippen LogP contribution is -2.44. The van der Waals surface area contributed by atoms with Crippen LogP contribution in [0, 0.1) is 6.92 Å². The van der Waals surface area contributed by atoms with Gasteiger partial charge >= 0.3 is 5.97 Å². The zero-order chi connectivity index (χ0) is 17.0. The summed E-state index contributed by atoms with van der Waals surface area (Å²) in [6.45, 7) is 1.81. The number of benzene rings is 2. The van der Waals surface area contributed by atoms with Gasteiger partial charge in [-0.1, -0.05) is 48.0 Å². The molecule has 0 unspecified atom stereocenters. The van der Waals surface area contributed by atoms with Crippen LogP contribution in [0.5, 0.6) is 0 Å². The maximum absolute atomic E-state index is 12.3. The van der Waals surface area contributed by atoms with Crippen molar-refractivity contribution in [1.82, 2.24) is 4.72 Å². The summed E-state index contributed by atoms with van der Waals surface area (Å²) in [7, 11) is -4.07. The molecule has 23 heavy (non-hydrogen) atoms. The average molecular weight is 335 g/mol. The summed E-state index contributed by atoms with van der Waals surface area (Å²) in [6.07, 6.45) is -1.51. The number of aryl methyl sites for hydroxylation is 1. The Morgan fingerprint density at radius 2 is 1.61 bits per heavy atom. The summed E-state index contributed by atoms with van der Waals surface area (Å²) in [5.41, 5.74) is 1.19. The number of sulfonamides is 1. The van der Waals surface area contributed by atoms with Gasteiger partial charge in [-0.2, -0.15) is 4.72 Å². The van der Waals surface area contributed by atoms with Crippen LogP contribution in [0.3, 0.4) is 0 Å². The first kappa shape index (κ1) is 17.1. The lowest BCUT2D eigenvalue weighted by atomic mass is 10.0. The van der Waals surface area contributed by atoms with Crippen LogP contribution in [0.2, 0.25) is 0 Å². The highest BCUT2D eigenvalue weighted by atomic mass is 32.2. The zero-order valence-corrected chi connectivity index (χ0v) is 13.2. The molecule has 7 heteroatoms. The minimum Gasteiger partial charge on any atom is -0.480 e. The number of hydrogen-bond donors (Lipinski definition) is 3. The van der Waals surface area contributed by atoms with Crippen LogP contribution >= 0.6 is 0 Å². The van der Waals surface area contributed by atoms with Gasteiger partial charge in [0.05, 0.1) is 4.90 Å². The third-order valence-corrected chi connectivity index (χ3v) is 4.79. The predicted octanol–water partition coefficient (Wildman–Crippen LogP) is 1.46. The zero-order valence-electron chi connectivity index (χ0n) is 12.4. The molecule has 0 aliphatic carbocycles. The SMILES string of the molecule is Cc1ccc(S(=O)(=O)N[C@H](C(=O)O)[C@H](O)c2ccccc2)cc1. The number of aliphatic hydroxyl groups excluding tert-OH is 1. The molecule has 0 fully saturated rings. The van der Waals surface area contributed by atoms with Gasteiger partial charge in [-0.3, -0.25) is 4.79 Å². The van der Waals surface area contributed by atoms with E-state index in [4.69, 9.17) is 0 Å². The van der Waals surface area contributed by atoms with Crippen molar-refractivity contribution in [3.63, 3.8) is 0 Å². The molecule has 3 N–H and O–H groups in total. The Labute approximate surface area is 134 Å². The lowest BCUT2D eigenvalue weighted by molar-refractivity contribution is -0.141. The molecule has 0 aliphatic heterocycles. The second kappa shape index (κ2) is 6.91. The van der Waals surface area contributed by atoms with Crippen molar-refractivity contribution in [3.8, 4) is 0 Å². The number of aliphatic hydroxyl groups is 1. The highest BCUT2D eigenvalue weighted by molar-refractivity contribution is 7.89. The van der Waals surface area contributed by atoms with Gasteiger partial charge in [-0.15, -0.1) is 0 Å². The third kappa shape index (κ3) is 4.16. The van der Waals surface area contributed by atoms with Gasteiger partial charge in [0.2, 0.25) is 10.0 Å². The first-order chi connectivity index (χ1) is 10.8. The van der Waals surface area contributed by atoms with Crippen LogP contribution in [-0.2, 0) is 14.8 Å². The minimum absolute atomic E-state index is 0.0605. The fourth-order valence-electron chi connectivity index (χ4n) is 2.05. The Kier molecular flexibility index (Phi) is 5.15. The van der Waals surface area contributed by atoms with Gasteiger partial charge < -0.3 is 10.2 Å². The summed E-state index contributed by atoms with van der Waals surface area (Å²) in [5, 5.41) is 19.5. The van der Waals surface area contributed by atoms with Crippen molar-refractivity contribution in [1.29, 1.82) is 0 Å². The van der Waals surface area contributed by atoms with E-state index in [1.807, 2.05) is 11.6 Å². The number of carboxylic acids is 1. The predicted molar refractivity (Wildman–Crippen MR) is 84.3 cm³/mol. The molecule has 122 valence electrons. The van der Waals surface area contributed by atoms with E-state index < -0.39 is 28.1 Å². The molecule has 0 aliphatic rings. The van der Waals surface area contributed by atoms with Crippen LogP contribution in [0.25, 0.3) is 0 Å². The molecule has 0 saturated heterocycles. The molecule has 2 aromatic rings. The van der Waals surface area contributed by atoms with Crippen molar-refractivity contribution in [2.45, 2.75) is 24.0 Å². The largest absolute Gasteiger partial charge is 0.480 e. The summed E-state index contributed by atoms with van der Waals surface area (Å²) in [5.74, 6) is -1.46. The fourth-order valence-corrected chi connectivity index (χ4v) is 3.24. The third-order valence-electron chi connectivity index (χ3n) is 3.34. The van der Waals surface area contributed by atoms with Crippen molar-refractivity contribution in [2.24, 2.45) is 0 Å². The van der Waals surface area contributed by atoms with Crippen molar-refractivity contribution >= 4 is 16.0 Å². The molecule has 6 nitrogen and oxygen atoms in total. The first-order valence-corrected chi connectivity index (χ1v) is 8.34. The summed E-state index contributed by atoms with van der Waals surface area (Å²) in [6, 6.07) is 12.3. The fraction of sp³-hybridized carbons (Fsp3) is 0.188. The first-order valence-electron chi connectivity index (χ1n) is 6.86. The molecule has 0 bridgehead atoms.